The van der Waals surface area contributed by atoms with Crippen LogP contribution in [-0.4, -0.2) is 10.9 Å². The molecule has 0 aliphatic carbocycles. The number of nitrogens with one attached hydrogen (secondary N) is 3. The molecule has 0 unspecified atom stereocenters. The van der Waals surface area contributed by atoms with Crippen LogP contribution in [0.2, 0.25) is 0 Å². The van der Waals surface area contributed by atoms with E-state index in [4.69, 9.17) is 0 Å². The van der Waals surface area contributed by atoms with Crippen LogP contribution in [0.5, 0.6) is 0 Å². The summed E-state index contributed by atoms with van der Waals surface area (Å²) >= 11 is 0. The second-order valence-electron chi connectivity index (χ2n) is 7.94. The lowest BCUT2D eigenvalue weighted by Crippen LogP contribution is -2.12. The van der Waals surface area contributed by atoms with Crippen molar-refractivity contribution >= 4 is 45.1 Å². The summed E-state index contributed by atoms with van der Waals surface area (Å²) in [6, 6.07) is 34.4. The molecule has 0 saturated carbocycles. The Morgan fingerprint density at radius 3 is 2.26 bits per heavy atom. The summed E-state index contributed by atoms with van der Waals surface area (Å²) in [6.07, 6.45) is 1.68. The van der Waals surface area contributed by atoms with E-state index in [1.807, 2.05) is 84.9 Å². The summed E-state index contributed by atoms with van der Waals surface area (Å²) in [5.41, 5.74) is 5.02. The number of nitrogens with zero attached hydrogens (tertiary/aromatic N) is 2. The van der Waals surface area contributed by atoms with E-state index < -0.39 is 0 Å². The topological polar surface area (TPSA) is 89.8 Å². The lowest BCUT2D eigenvalue weighted by atomic mass is 10.1. The summed E-state index contributed by atoms with van der Waals surface area (Å²) in [7, 11) is 0. The third-order valence-electron chi connectivity index (χ3n) is 5.46. The Kier molecular flexibility index (Phi) is 6.05. The molecule has 6 nitrogen and oxygen atoms in total. The van der Waals surface area contributed by atoms with Gasteiger partial charge in [-0.3, -0.25) is 4.79 Å². The molecule has 5 rings (SSSR count). The Balaban J connectivity index is 1.33. The molecule has 1 heterocycles. The molecule has 3 N–H and O–H groups in total. The molecule has 0 bridgehead atoms. The summed E-state index contributed by atoms with van der Waals surface area (Å²) < 4.78 is 0. The fraction of sp³-hybridized carbons (Fsp3) is 0. The molecule has 0 spiro atoms. The third-order valence-corrected chi connectivity index (χ3v) is 5.46. The highest BCUT2D eigenvalue weighted by Crippen LogP contribution is 2.27. The highest BCUT2D eigenvalue weighted by Gasteiger charge is 2.09. The number of nitriles is 1. The van der Waals surface area contributed by atoms with Crippen LogP contribution in [0.4, 0.5) is 28.4 Å². The molecular weight excluding hydrogens is 434 g/mol. The first kappa shape index (κ1) is 21.7. The summed E-state index contributed by atoms with van der Waals surface area (Å²) in [4.78, 5) is 17.1. The summed E-state index contributed by atoms with van der Waals surface area (Å²) in [6.45, 7) is 0. The summed E-state index contributed by atoms with van der Waals surface area (Å²) in [5, 5.41) is 20.7. The quantitative estimate of drug-likeness (QED) is 0.261. The smallest absolute Gasteiger partial charge is 0.255 e. The molecule has 0 radical (unpaired) electrons. The fourth-order valence-corrected chi connectivity index (χ4v) is 3.80. The minimum absolute atomic E-state index is 0.209. The predicted molar refractivity (Wildman–Crippen MR) is 140 cm³/mol. The van der Waals surface area contributed by atoms with Crippen LogP contribution in [0, 0.1) is 11.3 Å². The molecule has 1 amide bonds. The number of rotatable bonds is 6. The van der Waals surface area contributed by atoms with E-state index in [2.05, 4.69) is 27.0 Å². The zero-order chi connectivity index (χ0) is 24.0. The van der Waals surface area contributed by atoms with E-state index in [-0.39, 0.29) is 5.91 Å². The fourth-order valence-electron chi connectivity index (χ4n) is 3.80. The van der Waals surface area contributed by atoms with E-state index >= 15 is 0 Å². The first-order valence-electron chi connectivity index (χ1n) is 11.1. The lowest BCUT2D eigenvalue weighted by Gasteiger charge is -2.12. The molecule has 0 saturated heterocycles. The number of carbonyl (C=O) groups is 1. The maximum atomic E-state index is 13.0. The van der Waals surface area contributed by atoms with Crippen molar-refractivity contribution < 1.29 is 4.79 Å². The molecule has 168 valence electrons. The number of aromatic nitrogens is 1. The van der Waals surface area contributed by atoms with Gasteiger partial charge in [0.25, 0.3) is 5.91 Å². The largest absolute Gasteiger partial charge is 0.355 e. The zero-order valence-corrected chi connectivity index (χ0v) is 18.7. The number of amides is 1. The van der Waals surface area contributed by atoms with Crippen molar-refractivity contribution in [3.05, 3.63) is 121 Å². The number of pyridine rings is 1. The Hall–Kier alpha value is -5.15. The van der Waals surface area contributed by atoms with E-state index in [0.29, 0.717) is 16.9 Å². The normalized spacial score (nSPS) is 10.4. The van der Waals surface area contributed by atoms with Crippen LogP contribution in [-0.2, 0) is 0 Å². The molecule has 0 aliphatic heterocycles. The Morgan fingerprint density at radius 2 is 1.43 bits per heavy atom. The lowest BCUT2D eigenvalue weighted by molar-refractivity contribution is 0.102. The number of hydrogen-bond donors (Lipinski definition) is 3. The van der Waals surface area contributed by atoms with Crippen LogP contribution < -0.4 is 16.0 Å². The van der Waals surface area contributed by atoms with Crippen molar-refractivity contribution in [3.63, 3.8) is 0 Å². The van der Waals surface area contributed by atoms with Gasteiger partial charge in [-0.25, -0.2) is 4.98 Å². The maximum absolute atomic E-state index is 13.0. The van der Waals surface area contributed by atoms with Gasteiger partial charge in [-0.2, -0.15) is 5.26 Å². The Morgan fingerprint density at radius 1 is 0.714 bits per heavy atom. The molecule has 5 aromatic rings. The van der Waals surface area contributed by atoms with Crippen LogP contribution in [0.15, 0.2) is 109 Å². The Labute approximate surface area is 202 Å². The number of carbonyl (C=O) groups excluding carboxylic acids is 1. The van der Waals surface area contributed by atoms with Gasteiger partial charge in [-0.1, -0.05) is 42.5 Å². The molecule has 0 aliphatic rings. The van der Waals surface area contributed by atoms with Gasteiger partial charge in [0.2, 0.25) is 0 Å². The highest BCUT2D eigenvalue weighted by molar-refractivity contribution is 6.05. The van der Waals surface area contributed by atoms with Gasteiger partial charge in [-0.05, 0) is 60.7 Å². The molecule has 1 aromatic heterocycles. The van der Waals surface area contributed by atoms with E-state index in [1.54, 1.807) is 24.4 Å². The van der Waals surface area contributed by atoms with Gasteiger partial charge in [-0.15, -0.1) is 0 Å². The standard InChI is InChI=1S/C29H21N5O/c30-18-26-17-27-21(19-31-26)8-5-14-28(27)33-23-11-4-7-20(15-23)29(35)34-25-13-6-12-24(16-25)32-22-9-2-1-3-10-22/h1-17,19,32-33H,(H,34,35). The van der Waals surface area contributed by atoms with Gasteiger partial charge in [0.15, 0.2) is 0 Å². The van der Waals surface area contributed by atoms with Crippen molar-refractivity contribution in [1.82, 2.24) is 4.98 Å². The highest BCUT2D eigenvalue weighted by atomic mass is 16.1. The van der Waals surface area contributed by atoms with Crippen LogP contribution in [0.1, 0.15) is 16.1 Å². The second-order valence-corrected chi connectivity index (χ2v) is 7.94. The SMILES string of the molecule is N#Cc1cc2c(Nc3cccc(C(=O)Nc4cccc(Nc5ccccc5)c4)c3)cccc2cn1. The van der Waals surface area contributed by atoms with Crippen molar-refractivity contribution in [1.29, 1.82) is 5.26 Å². The van der Waals surface area contributed by atoms with Crippen LogP contribution in [0.3, 0.4) is 0 Å². The average molecular weight is 456 g/mol. The number of fused-ring (bicyclic) bond motifs is 1. The minimum Gasteiger partial charge on any atom is -0.355 e. The van der Waals surface area contributed by atoms with Gasteiger partial charge < -0.3 is 16.0 Å². The average Bonchev–Trinajstić information content (AvgIpc) is 2.89. The molecule has 4 aromatic carbocycles. The molecule has 0 atom stereocenters. The van der Waals surface area contributed by atoms with Gasteiger partial charge in [0.05, 0.1) is 0 Å². The van der Waals surface area contributed by atoms with Crippen molar-refractivity contribution in [3.8, 4) is 6.07 Å². The van der Waals surface area contributed by atoms with Crippen molar-refractivity contribution in [2.75, 3.05) is 16.0 Å². The van der Waals surface area contributed by atoms with Crippen molar-refractivity contribution in [2.45, 2.75) is 0 Å². The molecular formula is C29H21N5O. The zero-order valence-electron chi connectivity index (χ0n) is 18.7. The number of hydrogen-bond acceptors (Lipinski definition) is 5. The first-order valence-corrected chi connectivity index (χ1v) is 11.1. The van der Waals surface area contributed by atoms with Crippen molar-refractivity contribution in [2.24, 2.45) is 0 Å². The monoisotopic (exact) mass is 455 g/mol. The number of para-hydroxylation sites is 1. The van der Waals surface area contributed by atoms with Crippen LogP contribution >= 0.6 is 0 Å². The molecule has 0 fully saturated rings. The van der Waals surface area contributed by atoms with Gasteiger partial charge in [0, 0.05) is 51.0 Å². The molecule has 6 heteroatoms. The maximum Gasteiger partial charge on any atom is 0.255 e. The third kappa shape index (κ3) is 5.10. The van der Waals surface area contributed by atoms with Gasteiger partial charge in [0.1, 0.15) is 11.8 Å². The first-order chi connectivity index (χ1) is 17.2. The van der Waals surface area contributed by atoms with E-state index in [9.17, 15) is 10.1 Å². The van der Waals surface area contributed by atoms with Crippen LogP contribution in [0.25, 0.3) is 10.8 Å². The second kappa shape index (κ2) is 9.77. The van der Waals surface area contributed by atoms with E-state index in [1.165, 1.54) is 0 Å². The summed E-state index contributed by atoms with van der Waals surface area (Å²) in [5.74, 6) is -0.209. The number of anilines is 5. The predicted octanol–water partition coefficient (Wildman–Crippen LogP) is 6.85. The van der Waals surface area contributed by atoms with Gasteiger partial charge >= 0.3 is 0 Å². The Bertz CT molecular complexity index is 1560. The minimum atomic E-state index is -0.209. The number of benzene rings is 4. The molecule has 35 heavy (non-hydrogen) atoms. The van der Waals surface area contributed by atoms with E-state index in [0.717, 1.165) is 33.5 Å².